The maximum atomic E-state index is 13.2. The molecule has 2 aromatic rings. The Morgan fingerprint density at radius 2 is 1.68 bits per heavy atom. The van der Waals surface area contributed by atoms with Crippen LogP contribution < -0.4 is 14.2 Å². The monoisotopic (exact) mass is 471 g/mol. The molecule has 0 radical (unpaired) electrons. The lowest BCUT2D eigenvalue weighted by Crippen LogP contribution is -2.33. The summed E-state index contributed by atoms with van der Waals surface area (Å²) < 4.78 is 21.3. The molecule has 1 amide bonds. The number of benzene rings is 2. The second-order valence-corrected chi connectivity index (χ2v) is 7.91. The van der Waals surface area contributed by atoms with Gasteiger partial charge >= 0.3 is 0 Å². The van der Waals surface area contributed by atoms with Gasteiger partial charge in [0.15, 0.2) is 11.5 Å². The van der Waals surface area contributed by atoms with Crippen LogP contribution in [0.3, 0.4) is 0 Å². The molecule has 2 N–H and O–H groups in total. The largest absolute Gasteiger partial charge is 0.507 e. The first-order chi connectivity index (χ1) is 16.2. The molecule has 1 aliphatic rings. The molecule has 3 rings (SSSR count). The number of Topliss-reactive ketones (excluding diaryl/α,β-unsaturated/α-hetero) is 1. The minimum absolute atomic E-state index is 0.0682. The molecule has 1 heterocycles. The summed E-state index contributed by atoms with van der Waals surface area (Å²) in [5, 5.41) is 21.7. The third-order valence-electron chi connectivity index (χ3n) is 5.50. The Kier molecular flexibility index (Phi) is 7.68. The Bertz CT molecular complexity index is 1110. The number of nitrogens with zero attached hydrogens (tertiary/aromatic N) is 1. The minimum Gasteiger partial charge on any atom is -0.507 e. The highest BCUT2D eigenvalue weighted by atomic mass is 16.5. The molecule has 1 fully saturated rings. The Labute approximate surface area is 198 Å². The van der Waals surface area contributed by atoms with Gasteiger partial charge in [0, 0.05) is 6.54 Å². The number of carbonyl (C=O) groups excluding carboxylic acids is 2. The number of phenols is 1. The molecule has 1 unspecified atom stereocenters. The van der Waals surface area contributed by atoms with Gasteiger partial charge < -0.3 is 34.1 Å². The van der Waals surface area contributed by atoms with Gasteiger partial charge in [-0.3, -0.25) is 9.59 Å². The molecule has 9 heteroatoms. The van der Waals surface area contributed by atoms with Crippen LogP contribution >= 0.6 is 0 Å². The molecule has 0 aromatic heterocycles. The fourth-order valence-corrected chi connectivity index (χ4v) is 3.87. The first-order valence-corrected chi connectivity index (χ1v) is 10.7. The predicted molar refractivity (Wildman–Crippen MR) is 124 cm³/mol. The van der Waals surface area contributed by atoms with Gasteiger partial charge in [-0.1, -0.05) is 6.07 Å². The third-order valence-corrected chi connectivity index (χ3v) is 5.50. The number of carbonyl (C=O) groups is 2. The van der Waals surface area contributed by atoms with Gasteiger partial charge in [-0.2, -0.15) is 0 Å². The maximum absolute atomic E-state index is 13.2. The molecule has 1 saturated heterocycles. The number of hydrogen-bond donors (Lipinski definition) is 2. The van der Waals surface area contributed by atoms with E-state index in [0.29, 0.717) is 17.1 Å². The maximum Gasteiger partial charge on any atom is 0.295 e. The van der Waals surface area contributed by atoms with Gasteiger partial charge in [-0.15, -0.1) is 0 Å². The molecule has 34 heavy (non-hydrogen) atoms. The lowest BCUT2D eigenvalue weighted by Gasteiger charge is -2.26. The number of likely N-dealkylation sites (tertiary alicyclic amines) is 1. The van der Waals surface area contributed by atoms with E-state index in [1.807, 2.05) is 13.8 Å². The van der Waals surface area contributed by atoms with Gasteiger partial charge in [-0.05, 0) is 49.7 Å². The number of ketones is 1. The van der Waals surface area contributed by atoms with Gasteiger partial charge in [-0.25, -0.2) is 0 Å². The number of rotatable bonds is 9. The molecule has 182 valence electrons. The van der Waals surface area contributed by atoms with Crippen molar-refractivity contribution in [3.63, 3.8) is 0 Å². The summed E-state index contributed by atoms with van der Waals surface area (Å²) >= 11 is 0. The number of phenolic OH excluding ortho intramolecular Hbond substituents is 1. The van der Waals surface area contributed by atoms with Crippen LogP contribution in [-0.2, 0) is 14.3 Å². The van der Waals surface area contributed by atoms with Crippen molar-refractivity contribution in [3.05, 3.63) is 53.1 Å². The fourth-order valence-electron chi connectivity index (χ4n) is 3.87. The van der Waals surface area contributed by atoms with E-state index >= 15 is 0 Å². The number of aromatic hydroxyl groups is 1. The van der Waals surface area contributed by atoms with Gasteiger partial charge in [0.25, 0.3) is 11.7 Å². The van der Waals surface area contributed by atoms with Gasteiger partial charge in [0.1, 0.15) is 17.3 Å². The Hall–Kier alpha value is -3.72. The normalized spacial score (nSPS) is 17.4. The number of methoxy groups -OCH3 is 3. The molecule has 2 aromatic carbocycles. The number of hydrogen-bond acceptors (Lipinski definition) is 8. The van der Waals surface area contributed by atoms with E-state index in [1.165, 1.54) is 44.4 Å². The average Bonchev–Trinajstić information content (AvgIpc) is 3.07. The quantitative estimate of drug-likeness (QED) is 0.325. The summed E-state index contributed by atoms with van der Waals surface area (Å²) in [4.78, 5) is 27.5. The predicted octanol–water partition coefficient (Wildman–Crippen LogP) is 3.26. The molecule has 0 saturated carbocycles. The zero-order chi connectivity index (χ0) is 25.0. The number of amides is 1. The van der Waals surface area contributed by atoms with Crippen molar-refractivity contribution >= 4 is 17.4 Å². The van der Waals surface area contributed by atoms with Crippen molar-refractivity contribution in [1.82, 2.24) is 4.90 Å². The van der Waals surface area contributed by atoms with Crippen LogP contribution in [-0.4, -0.2) is 67.4 Å². The number of aliphatic hydroxyl groups is 1. The van der Waals surface area contributed by atoms with Crippen molar-refractivity contribution in [1.29, 1.82) is 0 Å². The molecular formula is C25H29NO8. The minimum atomic E-state index is -0.969. The first kappa shape index (κ1) is 24.9. The molecule has 0 bridgehead atoms. The van der Waals surface area contributed by atoms with Crippen molar-refractivity contribution in [3.8, 4) is 23.0 Å². The second kappa shape index (κ2) is 10.5. The van der Waals surface area contributed by atoms with Gasteiger partial charge in [0.2, 0.25) is 0 Å². The van der Waals surface area contributed by atoms with Crippen molar-refractivity contribution < 1.29 is 38.7 Å². The van der Waals surface area contributed by atoms with E-state index in [2.05, 4.69) is 0 Å². The standard InChI is InChI=1S/C25H29NO8/c1-14(2)34-11-10-26-22(15-6-8-20(33-5)18(27)12-15)21(24(29)25(26)30)23(28)17-13-16(31-3)7-9-19(17)32-4/h6-9,12-14,22,27-28H,10-11H2,1-5H3/b23-21+. The van der Waals surface area contributed by atoms with Crippen LogP contribution in [0.2, 0.25) is 0 Å². The Balaban J connectivity index is 2.20. The van der Waals surface area contributed by atoms with Crippen molar-refractivity contribution in [2.45, 2.75) is 26.0 Å². The van der Waals surface area contributed by atoms with E-state index in [4.69, 9.17) is 18.9 Å². The highest BCUT2D eigenvalue weighted by Gasteiger charge is 2.46. The first-order valence-electron chi connectivity index (χ1n) is 10.7. The van der Waals surface area contributed by atoms with E-state index in [-0.39, 0.29) is 41.9 Å². The summed E-state index contributed by atoms with van der Waals surface area (Å²) in [6.07, 6.45) is -0.0682. The Morgan fingerprint density at radius 1 is 1.00 bits per heavy atom. The van der Waals surface area contributed by atoms with E-state index in [0.717, 1.165) is 0 Å². The zero-order valence-corrected chi connectivity index (χ0v) is 19.8. The summed E-state index contributed by atoms with van der Waals surface area (Å²) in [7, 11) is 4.32. The van der Waals surface area contributed by atoms with Crippen LogP contribution in [0.25, 0.3) is 5.76 Å². The molecule has 0 spiro atoms. The molecule has 9 nitrogen and oxygen atoms in total. The topological polar surface area (TPSA) is 115 Å². The number of ether oxygens (including phenoxy) is 4. The van der Waals surface area contributed by atoms with Crippen molar-refractivity contribution in [2.24, 2.45) is 0 Å². The van der Waals surface area contributed by atoms with E-state index in [1.54, 1.807) is 18.2 Å². The van der Waals surface area contributed by atoms with Crippen LogP contribution in [0.5, 0.6) is 23.0 Å². The lowest BCUT2D eigenvalue weighted by atomic mass is 9.94. The summed E-state index contributed by atoms with van der Waals surface area (Å²) in [6.45, 7) is 4.02. The molecular weight excluding hydrogens is 442 g/mol. The van der Waals surface area contributed by atoms with Gasteiger partial charge in [0.05, 0.1) is 51.2 Å². The molecule has 1 atom stereocenters. The van der Waals surface area contributed by atoms with Crippen LogP contribution in [0.15, 0.2) is 42.0 Å². The van der Waals surface area contributed by atoms with E-state index < -0.39 is 23.5 Å². The van der Waals surface area contributed by atoms with Crippen LogP contribution in [0.4, 0.5) is 0 Å². The summed E-state index contributed by atoms with van der Waals surface area (Å²) in [5.74, 6) is -1.25. The fraction of sp³-hybridized carbons (Fsp3) is 0.360. The second-order valence-electron chi connectivity index (χ2n) is 7.91. The van der Waals surface area contributed by atoms with Crippen LogP contribution in [0, 0.1) is 0 Å². The summed E-state index contributed by atoms with van der Waals surface area (Å²) in [5.41, 5.74) is 0.483. The summed E-state index contributed by atoms with van der Waals surface area (Å²) in [6, 6.07) is 8.35. The molecule has 0 aliphatic carbocycles. The molecule has 1 aliphatic heterocycles. The van der Waals surface area contributed by atoms with Crippen LogP contribution in [0.1, 0.15) is 31.0 Å². The Morgan fingerprint density at radius 3 is 2.26 bits per heavy atom. The van der Waals surface area contributed by atoms with Crippen molar-refractivity contribution in [2.75, 3.05) is 34.5 Å². The highest BCUT2D eigenvalue weighted by molar-refractivity contribution is 6.46. The number of aliphatic hydroxyl groups excluding tert-OH is 1. The average molecular weight is 472 g/mol. The lowest BCUT2D eigenvalue weighted by molar-refractivity contribution is -0.140. The van der Waals surface area contributed by atoms with E-state index in [9.17, 15) is 19.8 Å². The third kappa shape index (κ3) is 4.79. The zero-order valence-electron chi connectivity index (χ0n) is 19.8. The smallest absolute Gasteiger partial charge is 0.295 e. The SMILES string of the molecule is COc1ccc(OC)c(/C(O)=C2\C(=O)C(=O)N(CCOC(C)C)C2c2ccc(OC)c(O)c2)c1. The highest BCUT2D eigenvalue weighted by Crippen LogP contribution is 2.43.